The number of amides is 2. The molecule has 0 aliphatic rings. The highest BCUT2D eigenvalue weighted by atomic mass is 16.2. The first-order valence-electron chi connectivity index (χ1n) is 6.92. The Morgan fingerprint density at radius 3 is 2.45 bits per heavy atom. The lowest BCUT2D eigenvalue weighted by Crippen LogP contribution is -2.30. The number of aromatic nitrogens is 3. The summed E-state index contributed by atoms with van der Waals surface area (Å²) in [4.78, 5) is 35.8. The molecule has 0 N–H and O–H groups in total. The molecule has 116 valence electrons. The first-order chi connectivity index (χ1) is 10.5. The van der Waals surface area contributed by atoms with Crippen molar-refractivity contribution in [3.05, 3.63) is 42.2 Å². The van der Waals surface area contributed by atoms with Crippen molar-refractivity contribution in [3.63, 3.8) is 0 Å². The van der Waals surface area contributed by atoms with Gasteiger partial charge in [-0.05, 0) is 19.1 Å². The zero-order valence-corrected chi connectivity index (χ0v) is 13.1. The SMILES string of the molecule is CCn1c(C(=O)N(C)c2cccnc2)cnc1C(=O)N(C)C. The van der Waals surface area contributed by atoms with Crippen LogP contribution in [0.25, 0.3) is 0 Å². The average Bonchev–Trinajstić information content (AvgIpc) is 2.97. The Balaban J connectivity index is 2.37. The van der Waals surface area contributed by atoms with Gasteiger partial charge >= 0.3 is 0 Å². The first-order valence-corrected chi connectivity index (χ1v) is 6.92. The Hall–Kier alpha value is -2.70. The Morgan fingerprint density at radius 2 is 1.91 bits per heavy atom. The molecule has 2 amide bonds. The van der Waals surface area contributed by atoms with Crippen LogP contribution in [0.1, 0.15) is 28.0 Å². The molecule has 0 atom stereocenters. The molecular weight excluding hydrogens is 282 g/mol. The van der Waals surface area contributed by atoms with E-state index >= 15 is 0 Å². The summed E-state index contributed by atoms with van der Waals surface area (Å²) in [5, 5.41) is 0. The van der Waals surface area contributed by atoms with E-state index in [9.17, 15) is 9.59 Å². The van der Waals surface area contributed by atoms with Crippen molar-refractivity contribution in [2.24, 2.45) is 0 Å². The third-order valence-electron chi connectivity index (χ3n) is 3.33. The van der Waals surface area contributed by atoms with Crippen molar-refractivity contribution < 1.29 is 9.59 Å². The van der Waals surface area contributed by atoms with E-state index in [1.807, 2.05) is 6.92 Å². The molecule has 0 aliphatic heterocycles. The third kappa shape index (κ3) is 2.83. The lowest BCUT2D eigenvalue weighted by Gasteiger charge is -2.18. The fourth-order valence-electron chi connectivity index (χ4n) is 2.08. The summed E-state index contributed by atoms with van der Waals surface area (Å²) >= 11 is 0. The van der Waals surface area contributed by atoms with Crippen molar-refractivity contribution in [2.45, 2.75) is 13.5 Å². The number of rotatable bonds is 4. The zero-order chi connectivity index (χ0) is 16.3. The van der Waals surface area contributed by atoms with Crippen molar-refractivity contribution in [2.75, 3.05) is 26.0 Å². The maximum atomic E-state index is 12.6. The normalized spacial score (nSPS) is 10.4. The predicted octanol–water partition coefficient (Wildman–Crippen LogP) is 1.28. The van der Waals surface area contributed by atoms with Crippen molar-refractivity contribution in [3.8, 4) is 0 Å². The number of hydrogen-bond acceptors (Lipinski definition) is 4. The first kappa shape index (κ1) is 15.7. The summed E-state index contributed by atoms with van der Waals surface area (Å²) in [6.45, 7) is 2.35. The van der Waals surface area contributed by atoms with Gasteiger partial charge in [-0.15, -0.1) is 0 Å². The predicted molar refractivity (Wildman–Crippen MR) is 82.9 cm³/mol. The number of carbonyl (C=O) groups excluding carboxylic acids is 2. The summed E-state index contributed by atoms with van der Waals surface area (Å²) in [6, 6.07) is 3.56. The number of hydrogen-bond donors (Lipinski definition) is 0. The summed E-state index contributed by atoms with van der Waals surface area (Å²) < 4.78 is 1.62. The van der Waals surface area contributed by atoms with Gasteiger partial charge in [0.05, 0.1) is 18.1 Å². The van der Waals surface area contributed by atoms with Crippen molar-refractivity contribution in [1.29, 1.82) is 0 Å². The van der Waals surface area contributed by atoms with Gasteiger partial charge in [0.1, 0.15) is 5.69 Å². The molecule has 0 spiro atoms. The van der Waals surface area contributed by atoms with Crippen LogP contribution in [0.5, 0.6) is 0 Å². The van der Waals surface area contributed by atoms with Crippen LogP contribution in [0.2, 0.25) is 0 Å². The lowest BCUT2D eigenvalue weighted by atomic mass is 10.3. The third-order valence-corrected chi connectivity index (χ3v) is 3.33. The largest absolute Gasteiger partial charge is 0.342 e. The molecule has 0 unspecified atom stereocenters. The van der Waals surface area contributed by atoms with Gasteiger partial charge in [0, 0.05) is 33.9 Å². The molecule has 2 heterocycles. The number of nitrogens with zero attached hydrogens (tertiary/aromatic N) is 5. The maximum absolute atomic E-state index is 12.6. The number of anilines is 1. The minimum Gasteiger partial charge on any atom is -0.342 e. The molecule has 7 nitrogen and oxygen atoms in total. The van der Waals surface area contributed by atoms with E-state index in [2.05, 4.69) is 9.97 Å². The standard InChI is InChI=1S/C15H19N5O2/c1-5-20-12(10-17-13(20)15(22)18(2)3)14(21)19(4)11-7-6-8-16-9-11/h6-10H,5H2,1-4H3. The number of carbonyl (C=O) groups is 2. The molecular formula is C15H19N5O2. The van der Waals surface area contributed by atoms with Gasteiger partial charge in [-0.1, -0.05) is 0 Å². The summed E-state index contributed by atoms with van der Waals surface area (Å²) in [5.41, 5.74) is 1.05. The van der Waals surface area contributed by atoms with Crippen LogP contribution < -0.4 is 4.90 Å². The molecule has 0 saturated carbocycles. The van der Waals surface area contributed by atoms with Gasteiger partial charge in [0.15, 0.2) is 5.82 Å². The molecule has 0 bridgehead atoms. The average molecular weight is 301 g/mol. The highest BCUT2D eigenvalue weighted by Crippen LogP contribution is 2.15. The second-order valence-corrected chi connectivity index (χ2v) is 4.99. The van der Waals surface area contributed by atoms with Gasteiger partial charge in [-0.3, -0.25) is 14.6 Å². The smallest absolute Gasteiger partial charge is 0.289 e. The summed E-state index contributed by atoms with van der Waals surface area (Å²) in [7, 11) is 4.97. The van der Waals surface area contributed by atoms with E-state index < -0.39 is 0 Å². The maximum Gasteiger partial charge on any atom is 0.289 e. The van der Waals surface area contributed by atoms with Crippen LogP contribution in [0, 0.1) is 0 Å². The Labute approximate surface area is 129 Å². The van der Waals surface area contributed by atoms with E-state index in [1.165, 1.54) is 16.0 Å². The van der Waals surface area contributed by atoms with Crippen LogP contribution in [0.3, 0.4) is 0 Å². The van der Waals surface area contributed by atoms with E-state index in [0.717, 1.165) is 0 Å². The fraction of sp³-hybridized carbons (Fsp3) is 0.333. The Kier molecular flexibility index (Phi) is 4.55. The minimum atomic E-state index is -0.236. The fourth-order valence-corrected chi connectivity index (χ4v) is 2.08. The molecule has 2 rings (SSSR count). The monoisotopic (exact) mass is 301 g/mol. The molecule has 0 aromatic carbocycles. The van der Waals surface area contributed by atoms with Crippen LogP contribution >= 0.6 is 0 Å². The van der Waals surface area contributed by atoms with Gasteiger partial charge < -0.3 is 14.4 Å². The van der Waals surface area contributed by atoms with Gasteiger partial charge in [-0.25, -0.2) is 4.98 Å². The molecule has 0 aliphatic carbocycles. The highest BCUT2D eigenvalue weighted by Gasteiger charge is 2.23. The van der Waals surface area contributed by atoms with Gasteiger partial charge in [-0.2, -0.15) is 0 Å². The van der Waals surface area contributed by atoms with E-state index in [-0.39, 0.29) is 17.6 Å². The zero-order valence-electron chi connectivity index (χ0n) is 13.1. The second kappa shape index (κ2) is 6.38. The van der Waals surface area contributed by atoms with Crippen LogP contribution in [-0.2, 0) is 6.54 Å². The lowest BCUT2D eigenvalue weighted by molar-refractivity contribution is 0.0811. The van der Waals surface area contributed by atoms with Crippen molar-refractivity contribution in [1.82, 2.24) is 19.4 Å². The number of pyridine rings is 1. The van der Waals surface area contributed by atoms with Crippen LogP contribution in [0.4, 0.5) is 5.69 Å². The quantitative estimate of drug-likeness (QED) is 0.853. The Bertz CT molecular complexity index is 678. The molecule has 0 radical (unpaired) electrons. The molecule has 0 saturated heterocycles. The van der Waals surface area contributed by atoms with E-state index in [1.54, 1.807) is 50.2 Å². The van der Waals surface area contributed by atoms with E-state index in [0.29, 0.717) is 17.9 Å². The van der Waals surface area contributed by atoms with E-state index in [4.69, 9.17) is 0 Å². The molecule has 0 fully saturated rings. The van der Waals surface area contributed by atoms with Gasteiger partial charge in [0.2, 0.25) is 0 Å². The topological polar surface area (TPSA) is 71.3 Å². The second-order valence-electron chi connectivity index (χ2n) is 4.99. The molecule has 2 aromatic heterocycles. The summed E-state index contributed by atoms with van der Waals surface area (Å²) in [6.07, 6.45) is 4.69. The molecule has 2 aromatic rings. The van der Waals surface area contributed by atoms with Crippen molar-refractivity contribution >= 4 is 17.5 Å². The van der Waals surface area contributed by atoms with Crippen LogP contribution in [-0.4, -0.2) is 52.4 Å². The highest BCUT2D eigenvalue weighted by molar-refractivity contribution is 6.05. The van der Waals surface area contributed by atoms with Crippen LogP contribution in [0.15, 0.2) is 30.7 Å². The molecule has 7 heteroatoms. The molecule has 22 heavy (non-hydrogen) atoms. The number of imidazole rings is 1. The minimum absolute atomic E-state index is 0.232. The van der Waals surface area contributed by atoms with Gasteiger partial charge in [0.25, 0.3) is 11.8 Å². The summed E-state index contributed by atoms with van der Waals surface area (Å²) in [5.74, 6) is -0.208. The Morgan fingerprint density at radius 1 is 1.18 bits per heavy atom.